The first-order valence-corrected chi connectivity index (χ1v) is 7.38. The van der Waals surface area contributed by atoms with Crippen LogP contribution < -0.4 is 10.6 Å². The third-order valence-electron chi connectivity index (χ3n) is 3.70. The van der Waals surface area contributed by atoms with E-state index < -0.39 is 29.5 Å². The molecule has 0 aliphatic heterocycles. The monoisotopic (exact) mass is 332 g/mol. The summed E-state index contributed by atoms with van der Waals surface area (Å²) >= 11 is 0. The summed E-state index contributed by atoms with van der Waals surface area (Å²) in [5, 5.41) is 4.99. The molecule has 0 aliphatic carbocycles. The van der Waals surface area contributed by atoms with Crippen molar-refractivity contribution in [1.82, 2.24) is 10.6 Å². The van der Waals surface area contributed by atoms with Gasteiger partial charge in [0, 0.05) is 12.6 Å². The molecule has 0 aromatic heterocycles. The lowest BCUT2D eigenvalue weighted by molar-refractivity contribution is -0.122. The summed E-state index contributed by atoms with van der Waals surface area (Å²) < 4.78 is 26.6. The fourth-order valence-corrected chi connectivity index (χ4v) is 2.33. The molecule has 0 fully saturated rings. The van der Waals surface area contributed by atoms with Gasteiger partial charge in [-0.05, 0) is 43.2 Å². The van der Waals surface area contributed by atoms with Crippen molar-refractivity contribution in [3.63, 3.8) is 0 Å². The van der Waals surface area contributed by atoms with E-state index in [1.54, 1.807) is 19.1 Å². The van der Waals surface area contributed by atoms with E-state index in [0.29, 0.717) is 5.56 Å². The highest BCUT2D eigenvalue weighted by atomic mass is 19.2. The van der Waals surface area contributed by atoms with Crippen LogP contribution in [0.5, 0.6) is 0 Å². The number of halogens is 2. The molecule has 2 amide bonds. The summed E-state index contributed by atoms with van der Waals surface area (Å²) in [6, 6.07) is 7.34. The first kappa shape index (κ1) is 17.6. The van der Waals surface area contributed by atoms with Crippen molar-refractivity contribution in [3.8, 4) is 0 Å². The molecule has 0 radical (unpaired) electrons. The molecule has 2 rings (SSSR count). The van der Waals surface area contributed by atoms with Crippen LogP contribution in [0.15, 0.2) is 36.4 Å². The van der Waals surface area contributed by atoms with Gasteiger partial charge in [-0.3, -0.25) is 9.59 Å². The van der Waals surface area contributed by atoms with Crippen molar-refractivity contribution in [2.45, 2.75) is 19.9 Å². The first-order chi connectivity index (χ1) is 11.3. The van der Waals surface area contributed by atoms with Crippen LogP contribution in [0.3, 0.4) is 0 Å². The summed E-state index contributed by atoms with van der Waals surface area (Å²) in [5.74, 6) is -3.09. The lowest BCUT2D eigenvalue weighted by Crippen LogP contribution is -2.39. The Labute approximate surface area is 138 Å². The van der Waals surface area contributed by atoms with Crippen LogP contribution in [0.1, 0.15) is 33.1 Å². The third-order valence-corrected chi connectivity index (χ3v) is 3.70. The molecule has 0 spiro atoms. The quantitative estimate of drug-likeness (QED) is 0.904. The number of carbonyl (C=O) groups is 2. The highest BCUT2D eigenvalue weighted by Crippen LogP contribution is 2.19. The summed E-state index contributed by atoms with van der Waals surface area (Å²) in [6.07, 6.45) is 0. The molecule has 4 nitrogen and oxygen atoms in total. The van der Waals surface area contributed by atoms with Crippen LogP contribution in [-0.2, 0) is 4.79 Å². The second-order valence-corrected chi connectivity index (χ2v) is 5.51. The van der Waals surface area contributed by atoms with Crippen molar-refractivity contribution in [2.24, 2.45) is 0 Å². The van der Waals surface area contributed by atoms with Crippen molar-refractivity contribution >= 4 is 11.8 Å². The lowest BCUT2D eigenvalue weighted by atomic mass is 10.0. The molecule has 126 valence electrons. The van der Waals surface area contributed by atoms with E-state index in [1.165, 1.54) is 13.1 Å². The summed E-state index contributed by atoms with van der Waals surface area (Å²) in [5.41, 5.74) is 2.23. The number of aryl methyl sites for hydroxylation is 2. The van der Waals surface area contributed by atoms with Gasteiger partial charge in [-0.25, -0.2) is 8.78 Å². The van der Waals surface area contributed by atoms with Crippen LogP contribution in [0, 0.1) is 25.5 Å². The minimum absolute atomic E-state index is 0.159. The minimum atomic E-state index is -1.13. The number of carbonyl (C=O) groups excluding carboxylic acids is 2. The van der Waals surface area contributed by atoms with E-state index in [2.05, 4.69) is 10.6 Å². The van der Waals surface area contributed by atoms with E-state index in [4.69, 9.17) is 0 Å². The Morgan fingerprint density at radius 2 is 1.71 bits per heavy atom. The van der Waals surface area contributed by atoms with Gasteiger partial charge in [0.2, 0.25) is 5.91 Å². The second kappa shape index (κ2) is 7.21. The van der Waals surface area contributed by atoms with E-state index in [-0.39, 0.29) is 5.56 Å². The van der Waals surface area contributed by atoms with Gasteiger partial charge in [-0.1, -0.05) is 23.8 Å². The molecule has 1 atom stereocenters. The summed E-state index contributed by atoms with van der Waals surface area (Å²) in [4.78, 5) is 24.6. The van der Waals surface area contributed by atoms with Gasteiger partial charge in [-0.15, -0.1) is 0 Å². The van der Waals surface area contributed by atoms with Crippen molar-refractivity contribution in [3.05, 3.63) is 70.3 Å². The first-order valence-electron chi connectivity index (χ1n) is 7.38. The zero-order chi connectivity index (χ0) is 17.9. The molecule has 2 N–H and O–H groups in total. The molecular formula is C18H18F2N2O2. The number of nitrogens with one attached hydrogen (secondary N) is 2. The van der Waals surface area contributed by atoms with Crippen LogP contribution in [0.4, 0.5) is 8.78 Å². The minimum Gasteiger partial charge on any atom is -0.357 e. The molecule has 0 heterocycles. The van der Waals surface area contributed by atoms with E-state index in [0.717, 1.165) is 23.3 Å². The maximum absolute atomic E-state index is 13.5. The molecule has 1 unspecified atom stereocenters. The highest BCUT2D eigenvalue weighted by molar-refractivity contribution is 5.99. The van der Waals surface area contributed by atoms with E-state index in [9.17, 15) is 18.4 Å². The third kappa shape index (κ3) is 3.76. The van der Waals surface area contributed by atoms with Crippen LogP contribution >= 0.6 is 0 Å². The normalized spacial score (nSPS) is 11.7. The number of rotatable bonds is 4. The second-order valence-electron chi connectivity index (χ2n) is 5.51. The number of amides is 2. The summed E-state index contributed by atoms with van der Waals surface area (Å²) in [6.45, 7) is 3.63. The Hall–Kier alpha value is -2.76. The Morgan fingerprint density at radius 3 is 2.33 bits per heavy atom. The topological polar surface area (TPSA) is 58.2 Å². The zero-order valence-electron chi connectivity index (χ0n) is 13.6. The molecule has 2 aromatic carbocycles. The van der Waals surface area contributed by atoms with Gasteiger partial charge in [0.15, 0.2) is 11.6 Å². The van der Waals surface area contributed by atoms with Gasteiger partial charge in [-0.2, -0.15) is 0 Å². The van der Waals surface area contributed by atoms with Crippen LogP contribution in [-0.4, -0.2) is 18.9 Å². The van der Waals surface area contributed by atoms with Crippen molar-refractivity contribution in [2.75, 3.05) is 7.05 Å². The smallest absolute Gasteiger partial charge is 0.252 e. The molecule has 0 saturated heterocycles. The molecule has 0 bridgehead atoms. The van der Waals surface area contributed by atoms with Gasteiger partial charge in [0.1, 0.15) is 6.04 Å². The molecule has 6 heteroatoms. The van der Waals surface area contributed by atoms with Crippen LogP contribution in [0.25, 0.3) is 0 Å². The van der Waals surface area contributed by atoms with Crippen molar-refractivity contribution < 1.29 is 18.4 Å². The molecule has 0 aliphatic rings. The average Bonchev–Trinajstić information content (AvgIpc) is 2.56. The molecule has 0 saturated carbocycles. The SMILES string of the molecule is CNC(=O)C(NC(=O)c1cc(C)ccc1C)c1ccc(F)c(F)c1. The predicted molar refractivity (Wildman–Crippen MR) is 86.5 cm³/mol. The van der Waals surface area contributed by atoms with E-state index >= 15 is 0 Å². The van der Waals surface area contributed by atoms with Crippen molar-refractivity contribution in [1.29, 1.82) is 0 Å². The van der Waals surface area contributed by atoms with E-state index in [1.807, 2.05) is 13.0 Å². The van der Waals surface area contributed by atoms with Gasteiger partial charge >= 0.3 is 0 Å². The standard InChI is InChI=1S/C18H18F2N2O2/c1-10-4-5-11(2)13(8-10)17(23)22-16(18(24)21-3)12-6-7-14(19)15(20)9-12/h4-9,16H,1-3H3,(H,21,24)(H,22,23). The number of likely N-dealkylation sites (N-methyl/N-ethyl adjacent to an activating group) is 1. The number of hydrogen-bond donors (Lipinski definition) is 2. The number of benzene rings is 2. The Kier molecular flexibility index (Phi) is 5.28. The maximum atomic E-state index is 13.5. The Balaban J connectivity index is 2.35. The Morgan fingerprint density at radius 1 is 1.00 bits per heavy atom. The lowest BCUT2D eigenvalue weighted by Gasteiger charge is -2.19. The van der Waals surface area contributed by atoms with Gasteiger partial charge in [0.25, 0.3) is 5.91 Å². The molecular weight excluding hydrogens is 314 g/mol. The zero-order valence-corrected chi connectivity index (χ0v) is 13.6. The maximum Gasteiger partial charge on any atom is 0.252 e. The Bertz CT molecular complexity index is 791. The van der Waals surface area contributed by atoms with Crippen LogP contribution in [0.2, 0.25) is 0 Å². The summed E-state index contributed by atoms with van der Waals surface area (Å²) in [7, 11) is 1.40. The predicted octanol–water partition coefficient (Wildman–Crippen LogP) is 2.80. The number of hydrogen-bond acceptors (Lipinski definition) is 2. The highest BCUT2D eigenvalue weighted by Gasteiger charge is 2.24. The molecule has 2 aromatic rings. The average molecular weight is 332 g/mol. The fourth-order valence-electron chi connectivity index (χ4n) is 2.33. The fraction of sp³-hybridized carbons (Fsp3) is 0.222. The van der Waals surface area contributed by atoms with Gasteiger partial charge < -0.3 is 10.6 Å². The molecule has 24 heavy (non-hydrogen) atoms. The largest absolute Gasteiger partial charge is 0.357 e. The van der Waals surface area contributed by atoms with Gasteiger partial charge in [0.05, 0.1) is 0 Å².